The molecule has 4 rings (SSSR count). The largest absolute Gasteiger partial charge is 0.333 e. The van der Waals surface area contributed by atoms with Crippen molar-refractivity contribution in [1.29, 1.82) is 0 Å². The van der Waals surface area contributed by atoms with Gasteiger partial charge in [0, 0.05) is 24.5 Å². The highest BCUT2D eigenvalue weighted by Gasteiger charge is 2.56. The Labute approximate surface area is 132 Å². The topological polar surface area (TPSA) is 51.0 Å². The molecule has 3 aliphatic rings. The number of rotatable bonds is 4. The molecule has 5 heteroatoms. The van der Waals surface area contributed by atoms with E-state index >= 15 is 0 Å². The Bertz CT molecular complexity index is 569. The van der Waals surface area contributed by atoms with E-state index in [1.54, 1.807) is 0 Å². The molecule has 3 fully saturated rings. The Kier molecular flexibility index (Phi) is 3.27. The third-order valence-electron chi connectivity index (χ3n) is 5.84. The summed E-state index contributed by atoms with van der Waals surface area (Å²) in [5, 5.41) is 8.27. The molecule has 22 heavy (non-hydrogen) atoms. The van der Waals surface area contributed by atoms with Crippen LogP contribution in [0.15, 0.2) is 6.20 Å². The van der Waals surface area contributed by atoms with Crippen molar-refractivity contribution in [1.82, 2.24) is 19.9 Å². The van der Waals surface area contributed by atoms with Crippen LogP contribution in [0, 0.1) is 17.3 Å². The van der Waals surface area contributed by atoms with Gasteiger partial charge in [-0.2, -0.15) is 0 Å². The standard InChI is InChI=1S/C17H26N4O/c1-12(2)15-17(7-3-4-8-17)11-21(15)16(22)14-10-20(19-18-14)9-13-5-6-13/h10,12-13,15H,3-9,11H2,1-2H3/t15-/m0/s1. The quantitative estimate of drug-likeness (QED) is 0.859. The highest BCUT2D eigenvalue weighted by atomic mass is 16.2. The van der Waals surface area contributed by atoms with Crippen molar-refractivity contribution < 1.29 is 4.79 Å². The maximum atomic E-state index is 12.8. The summed E-state index contributed by atoms with van der Waals surface area (Å²) >= 11 is 0. The minimum absolute atomic E-state index is 0.0817. The molecule has 1 aromatic rings. The van der Waals surface area contributed by atoms with E-state index in [-0.39, 0.29) is 5.91 Å². The van der Waals surface area contributed by atoms with Crippen LogP contribution in [0.5, 0.6) is 0 Å². The van der Waals surface area contributed by atoms with E-state index in [0.29, 0.717) is 23.1 Å². The molecule has 1 saturated heterocycles. The molecule has 2 saturated carbocycles. The van der Waals surface area contributed by atoms with Gasteiger partial charge in [-0.25, -0.2) is 0 Å². The van der Waals surface area contributed by atoms with Crippen LogP contribution in [0.25, 0.3) is 0 Å². The minimum atomic E-state index is 0.0817. The Morgan fingerprint density at radius 3 is 2.73 bits per heavy atom. The van der Waals surface area contributed by atoms with Crippen molar-refractivity contribution in [2.75, 3.05) is 6.54 Å². The summed E-state index contributed by atoms with van der Waals surface area (Å²) in [6, 6.07) is 0.385. The van der Waals surface area contributed by atoms with E-state index in [9.17, 15) is 4.79 Å². The third kappa shape index (κ3) is 2.25. The number of amides is 1. The molecule has 2 aliphatic carbocycles. The summed E-state index contributed by atoms with van der Waals surface area (Å²) in [6.07, 6.45) is 9.63. The zero-order valence-corrected chi connectivity index (χ0v) is 13.7. The van der Waals surface area contributed by atoms with Crippen molar-refractivity contribution in [3.8, 4) is 0 Å². The van der Waals surface area contributed by atoms with Crippen LogP contribution < -0.4 is 0 Å². The molecule has 0 N–H and O–H groups in total. The fraction of sp³-hybridized carbons (Fsp3) is 0.824. The van der Waals surface area contributed by atoms with E-state index < -0.39 is 0 Å². The fourth-order valence-corrected chi connectivity index (χ4v) is 4.75. The van der Waals surface area contributed by atoms with Crippen molar-refractivity contribution in [3.63, 3.8) is 0 Å². The Balaban J connectivity index is 1.48. The van der Waals surface area contributed by atoms with Crippen LogP contribution in [0.3, 0.4) is 0 Å². The number of likely N-dealkylation sites (tertiary alicyclic amines) is 1. The summed E-state index contributed by atoms with van der Waals surface area (Å²) in [4.78, 5) is 14.9. The predicted octanol–water partition coefficient (Wildman–Crippen LogP) is 2.73. The van der Waals surface area contributed by atoms with Gasteiger partial charge in [-0.1, -0.05) is 31.9 Å². The average molecular weight is 302 g/mol. The van der Waals surface area contributed by atoms with Crippen LogP contribution in [-0.4, -0.2) is 38.4 Å². The summed E-state index contributed by atoms with van der Waals surface area (Å²) in [5.41, 5.74) is 0.924. The molecule has 0 bridgehead atoms. The van der Waals surface area contributed by atoms with Crippen molar-refractivity contribution in [2.24, 2.45) is 17.3 Å². The minimum Gasteiger partial charge on any atom is -0.333 e. The summed E-state index contributed by atoms with van der Waals surface area (Å²) in [5.74, 6) is 1.34. The predicted molar refractivity (Wildman–Crippen MR) is 83.3 cm³/mol. The normalized spacial score (nSPS) is 26.7. The number of carbonyl (C=O) groups is 1. The summed E-state index contributed by atoms with van der Waals surface area (Å²) in [6.45, 7) is 6.32. The Morgan fingerprint density at radius 2 is 2.09 bits per heavy atom. The molecule has 2 heterocycles. The maximum absolute atomic E-state index is 12.8. The lowest BCUT2D eigenvalue weighted by atomic mass is 9.66. The van der Waals surface area contributed by atoms with Gasteiger partial charge in [0.1, 0.15) is 0 Å². The maximum Gasteiger partial charge on any atom is 0.276 e. The second-order valence-corrected chi connectivity index (χ2v) is 7.96. The van der Waals surface area contributed by atoms with Crippen LogP contribution in [-0.2, 0) is 6.54 Å². The molecule has 0 aromatic carbocycles. The van der Waals surface area contributed by atoms with Crippen LogP contribution in [0.2, 0.25) is 0 Å². The zero-order valence-electron chi connectivity index (χ0n) is 13.7. The SMILES string of the molecule is CC(C)[C@@H]1N(C(=O)c2cn(CC3CC3)nn2)CC12CCCC2. The first-order valence-electron chi connectivity index (χ1n) is 8.80. The second-order valence-electron chi connectivity index (χ2n) is 7.96. The van der Waals surface area contributed by atoms with Crippen LogP contribution in [0.1, 0.15) is 62.9 Å². The molecule has 1 aromatic heterocycles. The molecule has 0 unspecified atom stereocenters. The lowest BCUT2D eigenvalue weighted by molar-refractivity contribution is -0.0704. The van der Waals surface area contributed by atoms with Gasteiger partial charge in [-0.3, -0.25) is 9.48 Å². The number of nitrogens with zero attached hydrogens (tertiary/aromatic N) is 4. The molecule has 120 valence electrons. The Morgan fingerprint density at radius 1 is 1.36 bits per heavy atom. The van der Waals surface area contributed by atoms with Gasteiger partial charge >= 0.3 is 0 Å². The van der Waals surface area contributed by atoms with E-state index in [4.69, 9.17) is 0 Å². The van der Waals surface area contributed by atoms with Gasteiger partial charge in [-0.05, 0) is 37.5 Å². The lowest BCUT2D eigenvalue weighted by Gasteiger charge is -2.58. The van der Waals surface area contributed by atoms with Gasteiger partial charge in [0.25, 0.3) is 5.91 Å². The van der Waals surface area contributed by atoms with Crippen molar-refractivity contribution >= 4 is 5.91 Å². The molecule has 0 radical (unpaired) electrons. The van der Waals surface area contributed by atoms with Gasteiger partial charge in [0.05, 0.1) is 6.20 Å². The van der Waals surface area contributed by atoms with Gasteiger partial charge < -0.3 is 4.90 Å². The first-order valence-corrected chi connectivity index (χ1v) is 8.80. The number of hydrogen-bond donors (Lipinski definition) is 0. The number of aromatic nitrogens is 3. The van der Waals surface area contributed by atoms with Crippen molar-refractivity contribution in [3.05, 3.63) is 11.9 Å². The molecule has 1 atom stereocenters. The van der Waals surface area contributed by atoms with E-state index in [0.717, 1.165) is 19.0 Å². The average Bonchev–Trinajstić information content (AvgIpc) is 2.95. The third-order valence-corrected chi connectivity index (χ3v) is 5.84. The van der Waals surface area contributed by atoms with E-state index in [1.807, 2.05) is 10.9 Å². The lowest BCUT2D eigenvalue weighted by Crippen LogP contribution is -2.67. The van der Waals surface area contributed by atoms with Gasteiger partial charge in [0.2, 0.25) is 0 Å². The van der Waals surface area contributed by atoms with Gasteiger partial charge in [0.15, 0.2) is 5.69 Å². The molecule has 1 aliphatic heterocycles. The van der Waals surface area contributed by atoms with Gasteiger partial charge in [-0.15, -0.1) is 5.10 Å². The monoisotopic (exact) mass is 302 g/mol. The van der Waals surface area contributed by atoms with Crippen LogP contribution in [0.4, 0.5) is 0 Å². The zero-order chi connectivity index (χ0) is 15.3. The molecular weight excluding hydrogens is 276 g/mol. The van der Waals surface area contributed by atoms with E-state index in [1.165, 1.54) is 38.5 Å². The number of hydrogen-bond acceptors (Lipinski definition) is 3. The summed E-state index contributed by atoms with van der Waals surface area (Å²) < 4.78 is 1.85. The highest BCUT2D eigenvalue weighted by molar-refractivity contribution is 5.93. The number of carbonyl (C=O) groups excluding carboxylic acids is 1. The van der Waals surface area contributed by atoms with Crippen LogP contribution >= 0.6 is 0 Å². The first kappa shape index (κ1) is 14.2. The highest BCUT2D eigenvalue weighted by Crippen LogP contribution is 2.53. The summed E-state index contributed by atoms with van der Waals surface area (Å²) in [7, 11) is 0. The second kappa shape index (κ2) is 5.07. The Hall–Kier alpha value is -1.39. The fourth-order valence-electron chi connectivity index (χ4n) is 4.75. The molecule has 5 nitrogen and oxygen atoms in total. The molecule has 1 spiro atoms. The smallest absolute Gasteiger partial charge is 0.276 e. The first-order chi connectivity index (χ1) is 10.6. The van der Waals surface area contributed by atoms with E-state index in [2.05, 4.69) is 29.1 Å². The molecule has 1 amide bonds. The van der Waals surface area contributed by atoms with Crippen molar-refractivity contribution in [2.45, 2.75) is 65.0 Å². The molecular formula is C17H26N4O.